The van der Waals surface area contributed by atoms with E-state index in [1.165, 1.54) is 18.5 Å². The van der Waals surface area contributed by atoms with Gasteiger partial charge >= 0.3 is 0 Å². The van der Waals surface area contributed by atoms with Crippen molar-refractivity contribution in [1.82, 2.24) is 15.5 Å². The number of para-hydroxylation sites is 1. The molecule has 6 heteroatoms. The molecule has 0 radical (unpaired) electrons. The number of hydrogen-bond acceptors (Lipinski definition) is 3. The fourth-order valence-electron chi connectivity index (χ4n) is 4.20. The van der Waals surface area contributed by atoms with Crippen LogP contribution >= 0.6 is 0 Å². The number of amides is 1. The third-order valence-corrected chi connectivity index (χ3v) is 6.16. The predicted molar refractivity (Wildman–Crippen MR) is 116 cm³/mol. The minimum atomic E-state index is 0.269. The summed E-state index contributed by atoms with van der Waals surface area (Å²) in [6.45, 7) is 4.64. The molecule has 1 aromatic carbocycles. The van der Waals surface area contributed by atoms with Crippen LogP contribution in [0.5, 0.6) is 0 Å². The summed E-state index contributed by atoms with van der Waals surface area (Å²) < 4.78 is 0. The molecule has 0 spiro atoms. The highest BCUT2D eigenvalue weighted by atomic mass is 16.2. The van der Waals surface area contributed by atoms with Gasteiger partial charge in [-0.3, -0.25) is 9.79 Å². The number of rotatable bonds is 6. The number of benzene rings is 1. The van der Waals surface area contributed by atoms with Gasteiger partial charge in [-0.25, -0.2) is 0 Å². The smallest absolute Gasteiger partial charge is 0.225 e. The van der Waals surface area contributed by atoms with E-state index in [0.717, 1.165) is 44.9 Å². The lowest BCUT2D eigenvalue weighted by Gasteiger charge is -2.28. The number of hydrogen-bond donors (Lipinski definition) is 2. The molecule has 1 saturated carbocycles. The highest BCUT2D eigenvalue weighted by molar-refractivity contribution is 5.81. The monoisotopic (exact) mass is 385 g/mol. The van der Waals surface area contributed by atoms with Gasteiger partial charge in [-0.05, 0) is 38.3 Å². The van der Waals surface area contributed by atoms with Crippen molar-refractivity contribution in [2.45, 2.75) is 51.1 Å². The molecule has 3 rings (SSSR count). The van der Waals surface area contributed by atoms with Gasteiger partial charge in [0.05, 0.1) is 0 Å². The Labute approximate surface area is 169 Å². The fraction of sp³-hybridized carbons (Fsp3) is 0.636. The van der Waals surface area contributed by atoms with Crippen molar-refractivity contribution in [3.63, 3.8) is 0 Å². The first-order valence-electron chi connectivity index (χ1n) is 10.6. The van der Waals surface area contributed by atoms with E-state index >= 15 is 0 Å². The van der Waals surface area contributed by atoms with Gasteiger partial charge in [0.25, 0.3) is 0 Å². The summed E-state index contributed by atoms with van der Waals surface area (Å²) in [7, 11) is 3.92. The average molecular weight is 386 g/mol. The second-order valence-electron chi connectivity index (χ2n) is 8.14. The lowest BCUT2D eigenvalue weighted by atomic mass is 10.1. The normalized spacial score (nSPS) is 21.6. The molecule has 1 saturated heterocycles. The maximum absolute atomic E-state index is 12.6. The number of carbonyl (C=O) groups is 1. The maximum Gasteiger partial charge on any atom is 0.225 e. The molecule has 154 valence electrons. The molecule has 2 N–H and O–H groups in total. The van der Waals surface area contributed by atoms with Crippen LogP contribution in [0.4, 0.5) is 5.69 Å². The Hall–Kier alpha value is -2.24. The van der Waals surface area contributed by atoms with Crippen LogP contribution in [0.15, 0.2) is 35.3 Å². The zero-order valence-corrected chi connectivity index (χ0v) is 17.5. The zero-order valence-electron chi connectivity index (χ0n) is 17.5. The Kier molecular flexibility index (Phi) is 7.18. The molecule has 0 bridgehead atoms. The number of anilines is 1. The summed E-state index contributed by atoms with van der Waals surface area (Å²) in [4.78, 5) is 21.3. The number of nitrogens with one attached hydrogen (secondary N) is 2. The predicted octanol–water partition coefficient (Wildman–Crippen LogP) is 2.47. The molecule has 2 fully saturated rings. The third-order valence-electron chi connectivity index (χ3n) is 6.16. The molecular weight excluding hydrogens is 350 g/mol. The van der Waals surface area contributed by atoms with E-state index in [-0.39, 0.29) is 12.0 Å². The van der Waals surface area contributed by atoms with Crippen molar-refractivity contribution in [2.75, 3.05) is 38.6 Å². The largest absolute Gasteiger partial charge is 0.370 e. The molecule has 1 aliphatic heterocycles. The Morgan fingerprint density at radius 2 is 1.96 bits per heavy atom. The molecule has 28 heavy (non-hydrogen) atoms. The van der Waals surface area contributed by atoms with Crippen LogP contribution in [-0.4, -0.2) is 62.6 Å². The molecular formula is C22H35N5O. The van der Waals surface area contributed by atoms with Crippen molar-refractivity contribution in [1.29, 1.82) is 0 Å². The van der Waals surface area contributed by atoms with Crippen LogP contribution < -0.4 is 15.5 Å². The Morgan fingerprint density at radius 1 is 1.25 bits per heavy atom. The van der Waals surface area contributed by atoms with Crippen molar-refractivity contribution < 1.29 is 4.79 Å². The van der Waals surface area contributed by atoms with Crippen molar-refractivity contribution in [3.8, 4) is 0 Å². The highest BCUT2D eigenvalue weighted by Gasteiger charge is 2.32. The quantitative estimate of drug-likeness (QED) is 0.583. The first-order valence-corrected chi connectivity index (χ1v) is 10.6. The number of carbonyl (C=O) groups excluding carboxylic acids is 1. The van der Waals surface area contributed by atoms with Crippen molar-refractivity contribution in [2.24, 2.45) is 10.9 Å². The van der Waals surface area contributed by atoms with Crippen LogP contribution in [0.2, 0.25) is 0 Å². The van der Waals surface area contributed by atoms with Crippen molar-refractivity contribution >= 4 is 17.6 Å². The van der Waals surface area contributed by atoms with E-state index < -0.39 is 0 Å². The Balaban J connectivity index is 1.44. The van der Waals surface area contributed by atoms with Crippen LogP contribution in [0.25, 0.3) is 0 Å². The van der Waals surface area contributed by atoms with Crippen LogP contribution in [0.1, 0.15) is 39.0 Å². The molecule has 1 aliphatic carbocycles. The first kappa shape index (κ1) is 20.5. The van der Waals surface area contributed by atoms with Crippen LogP contribution in [-0.2, 0) is 4.79 Å². The van der Waals surface area contributed by atoms with Crippen LogP contribution in [0, 0.1) is 5.92 Å². The van der Waals surface area contributed by atoms with Gasteiger partial charge in [-0.2, -0.15) is 0 Å². The summed E-state index contributed by atoms with van der Waals surface area (Å²) in [5.74, 6) is 1.45. The molecule has 6 nitrogen and oxygen atoms in total. The SMILES string of the molecule is CN=C(NCC(C)N(C)c1ccccc1)NC1CCN(C(=O)C2CCCC2)C1. The number of likely N-dealkylation sites (tertiary alicyclic amines) is 1. The van der Waals surface area contributed by atoms with Gasteiger partial charge in [-0.1, -0.05) is 31.0 Å². The average Bonchev–Trinajstić information content (AvgIpc) is 3.42. The van der Waals surface area contributed by atoms with Gasteiger partial charge in [-0.15, -0.1) is 0 Å². The van der Waals surface area contributed by atoms with E-state index in [9.17, 15) is 4.79 Å². The lowest BCUT2D eigenvalue weighted by molar-refractivity contribution is -0.134. The van der Waals surface area contributed by atoms with E-state index in [1.54, 1.807) is 7.05 Å². The standard InChI is InChI=1S/C22H35N5O/c1-17(26(3)20-11-5-4-6-12-20)15-24-22(23-2)25-19-13-14-27(16-19)21(28)18-9-7-8-10-18/h4-6,11-12,17-19H,7-10,13-16H2,1-3H3,(H2,23,24,25). The molecule has 1 amide bonds. The topological polar surface area (TPSA) is 60.0 Å². The molecule has 0 aromatic heterocycles. The number of nitrogens with zero attached hydrogens (tertiary/aromatic N) is 3. The minimum absolute atomic E-state index is 0.269. The van der Waals surface area contributed by atoms with E-state index in [4.69, 9.17) is 0 Å². The molecule has 2 unspecified atom stereocenters. The number of guanidine groups is 1. The summed E-state index contributed by atoms with van der Waals surface area (Å²) >= 11 is 0. The second kappa shape index (κ2) is 9.80. The zero-order chi connectivity index (χ0) is 19.9. The van der Waals surface area contributed by atoms with Gasteiger partial charge in [0.2, 0.25) is 5.91 Å². The van der Waals surface area contributed by atoms with Gasteiger partial charge < -0.3 is 20.4 Å². The lowest BCUT2D eigenvalue weighted by Crippen LogP contribution is -2.49. The number of likely N-dealkylation sites (N-methyl/N-ethyl adjacent to an activating group) is 1. The fourth-order valence-corrected chi connectivity index (χ4v) is 4.20. The number of aliphatic imine (C=N–C) groups is 1. The first-order chi connectivity index (χ1) is 13.6. The molecule has 2 atom stereocenters. The highest BCUT2D eigenvalue weighted by Crippen LogP contribution is 2.27. The Morgan fingerprint density at radius 3 is 2.64 bits per heavy atom. The van der Waals surface area contributed by atoms with Gasteiger partial charge in [0.15, 0.2) is 5.96 Å². The Bertz CT molecular complexity index is 656. The summed E-state index contributed by atoms with van der Waals surface area (Å²) in [5.41, 5.74) is 1.21. The minimum Gasteiger partial charge on any atom is -0.370 e. The van der Waals surface area contributed by atoms with E-state index in [2.05, 4.69) is 58.8 Å². The summed E-state index contributed by atoms with van der Waals surface area (Å²) in [6, 6.07) is 11.0. The van der Waals surface area contributed by atoms with E-state index in [1.807, 2.05) is 11.0 Å². The van der Waals surface area contributed by atoms with Crippen LogP contribution in [0.3, 0.4) is 0 Å². The summed E-state index contributed by atoms with van der Waals surface area (Å²) in [5, 5.41) is 6.94. The maximum atomic E-state index is 12.6. The third kappa shape index (κ3) is 5.18. The summed E-state index contributed by atoms with van der Waals surface area (Å²) in [6.07, 6.45) is 5.54. The van der Waals surface area contributed by atoms with Crippen molar-refractivity contribution in [3.05, 3.63) is 30.3 Å². The molecule has 2 aliphatic rings. The second-order valence-corrected chi connectivity index (χ2v) is 8.14. The molecule has 1 aromatic rings. The van der Waals surface area contributed by atoms with E-state index in [0.29, 0.717) is 11.9 Å². The molecule has 1 heterocycles. The van der Waals surface area contributed by atoms with Gasteiger partial charge in [0, 0.05) is 57.4 Å². The van der Waals surface area contributed by atoms with Gasteiger partial charge in [0.1, 0.15) is 0 Å².